The van der Waals surface area contributed by atoms with Crippen molar-refractivity contribution in [2.24, 2.45) is 0 Å². The normalized spacial score (nSPS) is 11.1. The molecule has 120 valence electrons. The summed E-state index contributed by atoms with van der Waals surface area (Å²) in [5.41, 5.74) is 2.80. The molecule has 2 rings (SSSR count). The number of nitrogens with zero attached hydrogens (tertiary/aromatic N) is 1. The quantitative estimate of drug-likeness (QED) is 0.410. The van der Waals surface area contributed by atoms with Gasteiger partial charge in [0, 0.05) is 24.0 Å². The Bertz CT molecular complexity index is 530. The first kappa shape index (κ1) is 17.2. The third-order valence-corrected chi connectivity index (χ3v) is 4.34. The molecule has 0 aliphatic heterocycles. The molecule has 0 unspecified atom stereocenters. The fraction of sp³-hybridized carbons (Fsp3) is 0.273. The summed E-state index contributed by atoms with van der Waals surface area (Å²) in [7, 11) is 0. The Labute approximate surface area is 141 Å². The first-order valence-corrected chi connectivity index (χ1v) is 8.43. The Hall–Kier alpha value is -2.12. The molecule has 23 heavy (non-hydrogen) atoms. The van der Waals surface area contributed by atoms with E-state index in [9.17, 15) is 0 Å². The van der Waals surface area contributed by atoms with Crippen molar-refractivity contribution in [2.75, 3.05) is 13.1 Å². The molecule has 0 bridgehead atoms. The van der Waals surface area contributed by atoms with Gasteiger partial charge in [-0.25, -0.2) is 0 Å². The van der Waals surface area contributed by atoms with Crippen LogP contribution in [0, 0.1) is 0 Å². The van der Waals surface area contributed by atoms with Gasteiger partial charge in [-0.15, -0.1) is 13.2 Å². The molecule has 0 N–H and O–H groups in total. The van der Waals surface area contributed by atoms with Gasteiger partial charge in [-0.2, -0.15) is 0 Å². The average Bonchev–Trinajstić information content (AvgIpc) is 2.60. The molecule has 0 saturated carbocycles. The molecule has 0 aromatic heterocycles. The summed E-state index contributed by atoms with van der Waals surface area (Å²) in [4.78, 5) is 0. The van der Waals surface area contributed by atoms with Gasteiger partial charge >= 0.3 is 0 Å². The van der Waals surface area contributed by atoms with E-state index in [0.717, 1.165) is 43.5 Å². The lowest BCUT2D eigenvalue weighted by Crippen LogP contribution is -2.47. The average molecular weight is 306 g/mol. The Morgan fingerprint density at radius 3 is 1.39 bits per heavy atom. The van der Waals surface area contributed by atoms with Crippen molar-refractivity contribution >= 4 is 0 Å². The van der Waals surface area contributed by atoms with Crippen LogP contribution < -0.4 is 0 Å². The number of quaternary nitrogens is 1. The van der Waals surface area contributed by atoms with E-state index in [1.165, 1.54) is 11.1 Å². The molecule has 2 aromatic carbocycles. The minimum absolute atomic E-state index is 1.04. The fourth-order valence-electron chi connectivity index (χ4n) is 3.16. The zero-order valence-electron chi connectivity index (χ0n) is 14.0. The molecule has 0 saturated heterocycles. The van der Waals surface area contributed by atoms with E-state index in [1.54, 1.807) is 0 Å². The molecule has 0 aliphatic carbocycles. The maximum absolute atomic E-state index is 3.93. The highest BCUT2D eigenvalue weighted by Gasteiger charge is 2.26. The van der Waals surface area contributed by atoms with Crippen molar-refractivity contribution in [3.05, 3.63) is 97.1 Å². The van der Waals surface area contributed by atoms with Crippen LogP contribution >= 0.6 is 0 Å². The van der Waals surface area contributed by atoms with Gasteiger partial charge < -0.3 is 4.48 Å². The molecule has 0 radical (unpaired) electrons. The zero-order valence-corrected chi connectivity index (χ0v) is 14.0. The first-order valence-electron chi connectivity index (χ1n) is 8.43. The summed E-state index contributed by atoms with van der Waals surface area (Å²) >= 11 is 0. The largest absolute Gasteiger partial charge is 0.316 e. The van der Waals surface area contributed by atoms with Crippen LogP contribution in [-0.2, 0) is 13.1 Å². The Morgan fingerprint density at radius 2 is 1.04 bits per heavy atom. The van der Waals surface area contributed by atoms with Crippen molar-refractivity contribution in [1.82, 2.24) is 0 Å². The second kappa shape index (κ2) is 9.12. The van der Waals surface area contributed by atoms with Crippen LogP contribution in [0.1, 0.15) is 24.0 Å². The summed E-state index contributed by atoms with van der Waals surface area (Å²) in [6, 6.07) is 21.6. The molecular formula is C22H28N+. The van der Waals surface area contributed by atoms with E-state index < -0.39 is 0 Å². The van der Waals surface area contributed by atoms with Gasteiger partial charge in [0.05, 0.1) is 13.1 Å². The summed E-state index contributed by atoms with van der Waals surface area (Å²) in [6.45, 7) is 12.2. The molecule has 0 fully saturated rings. The topological polar surface area (TPSA) is 0 Å². The van der Waals surface area contributed by atoms with Crippen LogP contribution in [0.25, 0.3) is 0 Å². The minimum Gasteiger partial charge on any atom is -0.316 e. The second-order valence-electron chi connectivity index (χ2n) is 6.23. The maximum atomic E-state index is 3.93. The molecule has 0 atom stereocenters. The maximum Gasteiger partial charge on any atom is 0.105 e. The lowest BCUT2D eigenvalue weighted by Gasteiger charge is -2.39. The van der Waals surface area contributed by atoms with Crippen LogP contribution in [0.4, 0.5) is 0 Å². The van der Waals surface area contributed by atoms with Crippen molar-refractivity contribution in [3.63, 3.8) is 0 Å². The Balaban J connectivity index is 2.27. The van der Waals surface area contributed by atoms with Crippen LogP contribution in [0.3, 0.4) is 0 Å². The molecule has 0 aliphatic rings. The van der Waals surface area contributed by atoms with Crippen molar-refractivity contribution in [1.29, 1.82) is 0 Å². The molecule has 2 aromatic rings. The molecule has 0 amide bonds. The van der Waals surface area contributed by atoms with Crippen LogP contribution in [0.2, 0.25) is 0 Å². The summed E-state index contributed by atoms with van der Waals surface area (Å²) in [6.07, 6.45) is 6.15. The molecule has 1 nitrogen and oxygen atoms in total. The lowest BCUT2D eigenvalue weighted by molar-refractivity contribution is -0.953. The van der Waals surface area contributed by atoms with Gasteiger partial charge in [0.15, 0.2) is 0 Å². The van der Waals surface area contributed by atoms with Crippen molar-refractivity contribution in [3.8, 4) is 0 Å². The van der Waals surface area contributed by atoms with E-state index in [0.29, 0.717) is 0 Å². The van der Waals surface area contributed by atoms with Crippen LogP contribution in [0.15, 0.2) is 86.0 Å². The third kappa shape index (κ3) is 5.54. The molecule has 0 spiro atoms. The van der Waals surface area contributed by atoms with Crippen LogP contribution in [-0.4, -0.2) is 17.6 Å². The number of hydrogen-bond donors (Lipinski definition) is 0. The SMILES string of the molecule is C=CCC[N+](CCC=C)(Cc1ccccc1)Cc1ccccc1. The summed E-state index contributed by atoms with van der Waals surface area (Å²) < 4.78 is 1.05. The standard InChI is InChI=1S/C22H28N/c1-3-5-17-23(18-6-4-2,19-21-13-9-7-10-14-21)20-22-15-11-8-12-16-22/h3-4,7-16H,1-2,5-6,17-20H2/q+1. The minimum atomic E-state index is 1.04. The highest BCUT2D eigenvalue weighted by molar-refractivity contribution is 5.15. The molecule has 1 heteroatoms. The number of rotatable bonds is 10. The Morgan fingerprint density at radius 1 is 0.652 bits per heavy atom. The predicted molar refractivity (Wildman–Crippen MR) is 99.9 cm³/mol. The second-order valence-corrected chi connectivity index (χ2v) is 6.23. The monoisotopic (exact) mass is 306 g/mol. The van der Waals surface area contributed by atoms with Gasteiger partial charge in [-0.1, -0.05) is 72.8 Å². The highest BCUT2D eigenvalue weighted by Crippen LogP contribution is 2.22. The van der Waals surface area contributed by atoms with Gasteiger partial charge in [0.25, 0.3) is 0 Å². The smallest absolute Gasteiger partial charge is 0.105 e. The van der Waals surface area contributed by atoms with Gasteiger partial charge in [0.1, 0.15) is 13.1 Å². The van der Waals surface area contributed by atoms with Crippen LogP contribution in [0.5, 0.6) is 0 Å². The van der Waals surface area contributed by atoms with Gasteiger partial charge in [-0.3, -0.25) is 0 Å². The lowest BCUT2D eigenvalue weighted by atomic mass is 10.1. The summed E-state index contributed by atoms with van der Waals surface area (Å²) in [5, 5.41) is 0. The fourth-order valence-corrected chi connectivity index (χ4v) is 3.16. The molecule has 0 heterocycles. The van der Waals surface area contributed by atoms with E-state index in [4.69, 9.17) is 0 Å². The third-order valence-electron chi connectivity index (χ3n) is 4.34. The highest BCUT2D eigenvalue weighted by atomic mass is 15.3. The van der Waals surface area contributed by atoms with Crippen molar-refractivity contribution < 1.29 is 4.48 Å². The number of benzene rings is 2. The predicted octanol–water partition coefficient (Wildman–Crippen LogP) is 5.36. The van der Waals surface area contributed by atoms with E-state index >= 15 is 0 Å². The van der Waals surface area contributed by atoms with Gasteiger partial charge in [0.2, 0.25) is 0 Å². The van der Waals surface area contributed by atoms with E-state index in [1.807, 2.05) is 12.2 Å². The van der Waals surface area contributed by atoms with E-state index in [2.05, 4.69) is 73.8 Å². The van der Waals surface area contributed by atoms with E-state index in [-0.39, 0.29) is 0 Å². The summed E-state index contributed by atoms with van der Waals surface area (Å²) in [5.74, 6) is 0. The first-order chi connectivity index (χ1) is 11.3. The zero-order chi connectivity index (χ0) is 16.4. The van der Waals surface area contributed by atoms with Gasteiger partial charge in [-0.05, 0) is 0 Å². The molecular weight excluding hydrogens is 278 g/mol. The van der Waals surface area contributed by atoms with Crippen molar-refractivity contribution in [2.45, 2.75) is 25.9 Å². The number of hydrogen-bond acceptors (Lipinski definition) is 0. The Kier molecular flexibility index (Phi) is 6.83.